The minimum Gasteiger partial charge on any atom is -0.372 e. The lowest BCUT2D eigenvalue weighted by Gasteiger charge is -2.22. The second-order valence-corrected chi connectivity index (χ2v) is 7.63. The van der Waals surface area contributed by atoms with Crippen molar-refractivity contribution < 1.29 is 17.1 Å². The Morgan fingerprint density at radius 3 is 2.13 bits per heavy atom. The highest BCUT2D eigenvalue weighted by molar-refractivity contribution is 7.86. The molecule has 9 nitrogen and oxygen atoms in total. The van der Waals surface area contributed by atoms with Crippen LogP contribution in [0.15, 0.2) is 45.5 Å². The van der Waals surface area contributed by atoms with Gasteiger partial charge in [0.25, 0.3) is 0 Å². The van der Waals surface area contributed by atoms with Crippen LogP contribution < -0.4 is 10.2 Å². The van der Waals surface area contributed by atoms with Crippen molar-refractivity contribution in [1.82, 2.24) is 0 Å². The predicted octanol–water partition coefficient (Wildman–Crippen LogP) is 4.31. The van der Waals surface area contributed by atoms with Crippen LogP contribution in [-0.4, -0.2) is 27.4 Å². The molecule has 0 atom stereocenters. The van der Waals surface area contributed by atoms with E-state index in [1.807, 2.05) is 13.8 Å². The number of anilines is 2. The van der Waals surface area contributed by atoms with Gasteiger partial charge in [-0.3, -0.25) is 4.79 Å². The Hall–Kier alpha value is -3.83. The Morgan fingerprint density at radius 2 is 1.68 bits per heavy atom. The number of nitrogens with zero attached hydrogens (tertiary/aromatic N) is 5. The molecule has 2 aromatic rings. The molecule has 0 saturated heterocycles. The SMILES string of the molecule is CCN(CC)c1ccc(/N=N/c2c(C#N)cc(S(=O)(=O)F)cc2C#N)c(NC(C)=O)c1. The van der Waals surface area contributed by atoms with Crippen LogP contribution in [0.1, 0.15) is 31.9 Å². The van der Waals surface area contributed by atoms with E-state index in [1.54, 1.807) is 30.3 Å². The number of halogens is 1. The van der Waals surface area contributed by atoms with Gasteiger partial charge in [0.15, 0.2) is 0 Å². The highest BCUT2D eigenvalue weighted by Crippen LogP contribution is 2.34. The van der Waals surface area contributed by atoms with Gasteiger partial charge >= 0.3 is 10.2 Å². The molecule has 31 heavy (non-hydrogen) atoms. The molecular formula is C20H19FN6O3S. The smallest absolute Gasteiger partial charge is 0.332 e. The van der Waals surface area contributed by atoms with Crippen molar-refractivity contribution in [3.8, 4) is 12.1 Å². The van der Waals surface area contributed by atoms with Crippen molar-refractivity contribution in [3.63, 3.8) is 0 Å². The molecule has 0 fully saturated rings. The number of hydrogen-bond donors (Lipinski definition) is 1. The van der Waals surface area contributed by atoms with Gasteiger partial charge in [-0.15, -0.1) is 14.1 Å². The lowest BCUT2D eigenvalue weighted by atomic mass is 10.1. The number of hydrogen-bond acceptors (Lipinski definition) is 8. The lowest BCUT2D eigenvalue weighted by molar-refractivity contribution is -0.114. The van der Waals surface area contributed by atoms with E-state index in [0.29, 0.717) is 5.69 Å². The van der Waals surface area contributed by atoms with Gasteiger partial charge in [0.05, 0.1) is 16.8 Å². The molecule has 0 aliphatic rings. The van der Waals surface area contributed by atoms with E-state index in [0.717, 1.165) is 30.9 Å². The third-order valence-electron chi connectivity index (χ3n) is 4.28. The second kappa shape index (κ2) is 9.78. The fourth-order valence-electron chi connectivity index (χ4n) is 2.82. The number of amides is 1. The Labute approximate surface area is 179 Å². The van der Waals surface area contributed by atoms with Crippen LogP contribution in [0, 0.1) is 22.7 Å². The average molecular weight is 442 g/mol. The van der Waals surface area contributed by atoms with Gasteiger partial charge in [-0.25, -0.2) is 0 Å². The molecule has 0 radical (unpaired) electrons. The number of nitriles is 2. The molecule has 0 unspecified atom stereocenters. The zero-order chi connectivity index (χ0) is 23.2. The molecule has 1 amide bonds. The summed E-state index contributed by atoms with van der Waals surface area (Å²) in [6.45, 7) is 6.81. The Balaban J connectivity index is 2.60. The molecule has 0 saturated carbocycles. The Morgan fingerprint density at radius 1 is 1.10 bits per heavy atom. The normalized spacial score (nSPS) is 11.0. The van der Waals surface area contributed by atoms with Crippen LogP contribution in [0.5, 0.6) is 0 Å². The number of carbonyl (C=O) groups excluding carboxylic acids is 1. The van der Waals surface area contributed by atoms with Crippen LogP contribution in [0.25, 0.3) is 0 Å². The van der Waals surface area contributed by atoms with Crippen LogP contribution >= 0.6 is 0 Å². The minimum absolute atomic E-state index is 0.209. The molecule has 0 bridgehead atoms. The maximum Gasteiger partial charge on any atom is 0.332 e. The Kier molecular flexibility index (Phi) is 7.40. The predicted molar refractivity (Wildman–Crippen MR) is 113 cm³/mol. The van der Waals surface area contributed by atoms with Crippen LogP contribution in [-0.2, 0) is 15.0 Å². The van der Waals surface area contributed by atoms with Crippen molar-refractivity contribution in [1.29, 1.82) is 10.5 Å². The summed E-state index contributed by atoms with van der Waals surface area (Å²) in [5.41, 5.74) is 0.584. The standard InChI is InChI=1S/C20H19FN6O3S/c1-4-27(5-2)16-6-7-18(19(10-16)24-13(3)28)25-26-20-14(11-22)8-17(31(21,29)30)9-15(20)12-23/h6-10H,4-5H2,1-3H3,(H,24,28)/b26-25+. The van der Waals surface area contributed by atoms with E-state index in [4.69, 9.17) is 0 Å². The summed E-state index contributed by atoms with van der Waals surface area (Å²) in [6.07, 6.45) is 0. The molecule has 2 aromatic carbocycles. The van der Waals surface area contributed by atoms with Crippen LogP contribution in [0.2, 0.25) is 0 Å². The van der Waals surface area contributed by atoms with Gasteiger partial charge in [-0.2, -0.15) is 18.9 Å². The van der Waals surface area contributed by atoms with Crippen molar-refractivity contribution in [2.45, 2.75) is 25.7 Å². The molecular weight excluding hydrogens is 423 g/mol. The summed E-state index contributed by atoms with van der Waals surface area (Å²) in [7, 11) is -5.12. The second-order valence-electron chi connectivity index (χ2n) is 6.28. The maximum atomic E-state index is 13.3. The monoisotopic (exact) mass is 442 g/mol. The van der Waals surface area contributed by atoms with E-state index in [9.17, 15) is 27.6 Å². The summed E-state index contributed by atoms with van der Waals surface area (Å²) in [5.74, 6) is -0.332. The molecule has 0 spiro atoms. The molecule has 0 aliphatic heterocycles. The van der Waals surface area contributed by atoms with Gasteiger partial charge in [-0.1, -0.05) is 0 Å². The summed E-state index contributed by atoms with van der Waals surface area (Å²) in [6, 6.07) is 10.1. The number of azo groups is 1. The molecule has 160 valence electrons. The molecule has 1 N–H and O–H groups in total. The van der Waals surface area contributed by atoms with Gasteiger partial charge < -0.3 is 10.2 Å². The molecule has 11 heteroatoms. The zero-order valence-corrected chi connectivity index (χ0v) is 17.9. The van der Waals surface area contributed by atoms with Gasteiger partial charge in [0, 0.05) is 25.7 Å². The molecule has 0 aromatic heterocycles. The minimum atomic E-state index is -5.12. The van der Waals surface area contributed by atoms with Crippen molar-refractivity contribution in [2.24, 2.45) is 10.2 Å². The molecule has 0 aliphatic carbocycles. The summed E-state index contributed by atoms with van der Waals surface area (Å²) in [5, 5.41) is 29.2. The van der Waals surface area contributed by atoms with Gasteiger partial charge in [0.1, 0.15) is 28.4 Å². The van der Waals surface area contributed by atoms with E-state index in [-0.39, 0.29) is 28.4 Å². The maximum absolute atomic E-state index is 13.3. The first-order valence-corrected chi connectivity index (χ1v) is 10.5. The zero-order valence-electron chi connectivity index (χ0n) is 17.0. The van der Waals surface area contributed by atoms with Crippen LogP contribution in [0.4, 0.5) is 26.6 Å². The van der Waals surface area contributed by atoms with Crippen molar-refractivity contribution in [2.75, 3.05) is 23.3 Å². The van der Waals surface area contributed by atoms with E-state index >= 15 is 0 Å². The van der Waals surface area contributed by atoms with E-state index in [2.05, 4.69) is 20.4 Å². The quantitative estimate of drug-likeness (QED) is 0.501. The number of carbonyl (C=O) groups is 1. The lowest BCUT2D eigenvalue weighted by Crippen LogP contribution is -2.21. The first-order valence-electron chi connectivity index (χ1n) is 9.15. The average Bonchev–Trinajstić information content (AvgIpc) is 2.72. The first kappa shape index (κ1) is 23.4. The van der Waals surface area contributed by atoms with Gasteiger partial charge in [0.2, 0.25) is 5.91 Å². The van der Waals surface area contributed by atoms with Gasteiger partial charge in [-0.05, 0) is 44.2 Å². The number of benzene rings is 2. The fraction of sp³-hybridized carbons (Fsp3) is 0.250. The highest BCUT2D eigenvalue weighted by atomic mass is 32.3. The van der Waals surface area contributed by atoms with Crippen molar-refractivity contribution in [3.05, 3.63) is 41.5 Å². The topological polar surface area (TPSA) is 139 Å². The summed E-state index contributed by atoms with van der Waals surface area (Å²) < 4.78 is 35.6. The summed E-state index contributed by atoms with van der Waals surface area (Å²) >= 11 is 0. The molecule has 2 rings (SSSR count). The summed E-state index contributed by atoms with van der Waals surface area (Å²) in [4.78, 5) is 12.9. The fourth-order valence-corrected chi connectivity index (χ4v) is 3.33. The third-order valence-corrected chi connectivity index (χ3v) is 5.08. The molecule has 0 heterocycles. The highest BCUT2D eigenvalue weighted by Gasteiger charge is 2.19. The Bertz CT molecular complexity index is 1190. The first-order chi connectivity index (χ1) is 14.6. The number of rotatable bonds is 7. The van der Waals surface area contributed by atoms with E-state index < -0.39 is 15.1 Å². The number of nitrogens with one attached hydrogen (secondary N) is 1. The third kappa shape index (κ3) is 5.62. The largest absolute Gasteiger partial charge is 0.372 e. The van der Waals surface area contributed by atoms with Crippen molar-refractivity contribution >= 4 is 38.9 Å². The van der Waals surface area contributed by atoms with Crippen LogP contribution in [0.3, 0.4) is 0 Å². The van der Waals surface area contributed by atoms with E-state index in [1.165, 1.54) is 6.92 Å².